The number of phenolic OH excluding ortho intramolecular Hbond substituents is 1. The maximum atomic E-state index is 12.5. The number of ketones is 2. The number of hydrogen-bond donors (Lipinski definition) is 3. The molecule has 0 aliphatic heterocycles. The number of halogens is 1. The van der Waals surface area contributed by atoms with Gasteiger partial charge in [0.25, 0.3) is 0 Å². The predicted molar refractivity (Wildman–Crippen MR) is 107 cm³/mol. The van der Waals surface area contributed by atoms with Gasteiger partial charge in [-0.05, 0) is 24.5 Å². The Morgan fingerprint density at radius 2 is 1.68 bits per heavy atom. The molecule has 0 heterocycles. The van der Waals surface area contributed by atoms with E-state index in [4.69, 9.17) is 11.6 Å². The normalized spacial score (nSPS) is 21.6. The van der Waals surface area contributed by atoms with Crippen LogP contribution in [-0.2, 0) is 19.6 Å². The van der Waals surface area contributed by atoms with Gasteiger partial charge in [-0.15, -0.1) is 0 Å². The number of aromatic hydroxyl groups is 1. The van der Waals surface area contributed by atoms with Crippen molar-refractivity contribution in [3.05, 3.63) is 17.2 Å². The Kier molecular flexibility index (Phi) is 6.16. The van der Waals surface area contributed by atoms with Gasteiger partial charge in [-0.2, -0.15) is 0 Å². The van der Waals surface area contributed by atoms with E-state index in [0.29, 0.717) is 0 Å². The van der Waals surface area contributed by atoms with E-state index in [9.17, 15) is 23.1 Å². The first-order valence-electron chi connectivity index (χ1n) is 8.74. The molecule has 8 nitrogen and oxygen atoms in total. The average Bonchev–Trinajstić information content (AvgIpc) is 2.57. The van der Waals surface area contributed by atoms with E-state index in [0.717, 1.165) is 4.31 Å². The van der Waals surface area contributed by atoms with Crippen molar-refractivity contribution in [2.75, 3.05) is 19.4 Å². The van der Waals surface area contributed by atoms with Crippen LogP contribution >= 0.6 is 11.6 Å². The lowest BCUT2D eigenvalue weighted by Gasteiger charge is -2.40. The van der Waals surface area contributed by atoms with Crippen LogP contribution in [0.25, 0.3) is 0 Å². The molecule has 156 valence electrons. The molecule has 0 spiro atoms. The zero-order valence-electron chi connectivity index (χ0n) is 16.7. The Morgan fingerprint density at radius 3 is 2.18 bits per heavy atom. The van der Waals surface area contributed by atoms with Gasteiger partial charge in [0.2, 0.25) is 21.6 Å². The Labute approximate surface area is 170 Å². The highest BCUT2D eigenvalue weighted by molar-refractivity contribution is 7.89. The summed E-state index contributed by atoms with van der Waals surface area (Å²) in [6.07, 6.45) is 0. The van der Waals surface area contributed by atoms with E-state index in [1.165, 1.54) is 26.2 Å². The summed E-state index contributed by atoms with van der Waals surface area (Å²) in [6, 6.07) is 0.921. The van der Waals surface area contributed by atoms with Gasteiger partial charge in [-0.25, -0.2) is 12.7 Å². The van der Waals surface area contributed by atoms with E-state index >= 15 is 0 Å². The van der Waals surface area contributed by atoms with Crippen molar-refractivity contribution in [3.8, 4) is 5.75 Å². The lowest BCUT2D eigenvalue weighted by molar-refractivity contribution is -0.146. The molecule has 0 saturated heterocycles. The van der Waals surface area contributed by atoms with Crippen LogP contribution in [0.5, 0.6) is 5.75 Å². The van der Waals surface area contributed by atoms with Crippen LogP contribution in [0.3, 0.4) is 0 Å². The van der Waals surface area contributed by atoms with Crippen molar-refractivity contribution in [3.63, 3.8) is 0 Å². The number of hydrogen-bond acceptors (Lipinski definition) is 7. The van der Waals surface area contributed by atoms with Crippen LogP contribution in [0.15, 0.2) is 17.0 Å². The Morgan fingerprint density at radius 1 is 1.14 bits per heavy atom. The minimum absolute atomic E-state index is 0.00545. The first-order valence-corrected chi connectivity index (χ1v) is 10.6. The molecular weight excluding hydrogens is 406 g/mol. The molecule has 1 saturated carbocycles. The summed E-state index contributed by atoms with van der Waals surface area (Å²) in [5, 5.41) is 16.3. The Bertz CT molecular complexity index is 909. The standard InChI is InChI=1S/C18H26ClN3O5S/c1-9(18(2,3)4)20-12-13(16(25)15(12)24)21-11-8-7-10(19)17(14(11)23)28(26,27)22(5)6/h7-9,12-13,20-21,23H,1-6H3/t9-,12?,13?/m1/s1. The predicted octanol–water partition coefficient (Wildman–Crippen LogP) is 1.62. The summed E-state index contributed by atoms with van der Waals surface area (Å²) >= 11 is 5.99. The smallest absolute Gasteiger partial charge is 0.247 e. The minimum Gasteiger partial charge on any atom is -0.504 e. The summed E-state index contributed by atoms with van der Waals surface area (Å²) in [5.74, 6) is -1.79. The average molecular weight is 432 g/mol. The quantitative estimate of drug-likeness (QED) is 0.463. The molecule has 1 aromatic rings. The summed E-state index contributed by atoms with van der Waals surface area (Å²) in [6.45, 7) is 7.92. The van der Waals surface area contributed by atoms with Gasteiger partial charge in [-0.3, -0.25) is 9.59 Å². The molecule has 28 heavy (non-hydrogen) atoms. The van der Waals surface area contributed by atoms with Crippen molar-refractivity contribution >= 4 is 38.9 Å². The van der Waals surface area contributed by atoms with Crippen LogP contribution in [0.4, 0.5) is 5.69 Å². The van der Waals surface area contributed by atoms with Crippen molar-refractivity contribution in [1.82, 2.24) is 9.62 Å². The number of nitrogens with zero attached hydrogens (tertiary/aromatic N) is 1. The number of phenols is 1. The van der Waals surface area contributed by atoms with Gasteiger partial charge >= 0.3 is 0 Å². The van der Waals surface area contributed by atoms with Gasteiger partial charge in [0.1, 0.15) is 17.0 Å². The Hall–Kier alpha value is -1.68. The maximum Gasteiger partial charge on any atom is 0.247 e. The fourth-order valence-electron chi connectivity index (χ4n) is 2.61. The first-order chi connectivity index (χ1) is 12.7. The lowest BCUT2D eigenvalue weighted by atomic mass is 9.80. The number of anilines is 1. The minimum atomic E-state index is -4.02. The van der Waals surface area contributed by atoms with E-state index in [1.54, 1.807) is 0 Å². The third-order valence-electron chi connectivity index (χ3n) is 5.00. The lowest BCUT2D eigenvalue weighted by Crippen LogP contribution is -2.69. The molecule has 1 aliphatic carbocycles. The second kappa shape index (κ2) is 7.62. The van der Waals surface area contributed by atoms with Crippen molar-refractivity contribution in [1.29, 1.82) is 0 Å². The third kappa shape index (κ3) is 4.03. The topological polar surface area (TPSA) is 116 Å². The van der Waals surface area contributed by atoms with Crippen molar-refractivity contribution < 1.29 is 23.1 Å². The highest BCUT2D eigenvalue weighted by Gasteiger charge is 2.50. The second-order valence-electron chi connectivity index (χ2n) is 8.14. The number of sulfonamides is 1. The molecule has 0 radical (unpaired) electrons. The number of benzene rings is 1. The number of carbonyl (C=O) groups is 2. The van der Waals surface area contributed by atoms with Crippen LogP contribution in [0, 0.1) is 5.41 Å². The molecule has 2 unspecified atom stereocenters. The molecule has 0 amide bonds. The monoisotopic (exact) mass is 431 g/mol. The molecule has 0 bridgehead atoms. The molecule has 3 atom stereocenters. The first kappa shape index (κ1) is 22.6. The summed E-state index contributed by atoms with van der Waals surface area (Å²) in [7, 11) is -1.39. The van der Waals surface area contributed by atoms with Crippen molar-refractivity contribution in [2.45, 2.75) is 50.7 Å². The van der Waals surface area contributed by atoms with Crippen LogP contribution in [0.2, 0.25) is 5.02 Å². The second-order valence-corrected chi connectivity index (χ2v) is 10.6. The molecular formula is C18H26ClN3O5S. The molecule has 1 aromatic carbocycles. The summed E-state index contributed by atoms with van der Waals surface area (Å²) in [4.78, 5) is 23.7. The molecule has 3 N–H and O–H groups in total. The zero-order chi connectivity index (χ0) is 21.6. The summed E-state index contributed by atoms with van der Waals surface area (Å²) in [5.41, 5.74) is -0.135. The fraction of sp³-hybridized carbons (Fsp3) is 0.556. The van der Waals surface area contributed by atoms with Crippen LogP contribution in [0.1, 0.15) is 27.7 Å². The number of Topliss-reactive ketones (excluding diaryl/α,β-unsaturated/α-hetero) is 2. The largest absolute Gasteiger partial charge is 0.504 e. The number of nitrogens with one attached hydrogen (secondary N) is 2. The molecule has 1 fully saturated rings. The maximum absolute atomic E-state index is 12.5. The van der Waals surface area contributed by atoms with Gasteiger partial charge in [-0.1, -0.05) is 32.4 Å². The number of rotatable bonds is 6. The van der Waals surface area contributed by atoms with Crippen LogP contribution in [-0.4, -0.2) is 61.6 Å². The molecule has 10 heteroatoms. The molecule has 1 aliphatic rings. The Balaban J connectivity index is 2.35. The molecule has 2 rings (SSSR count). The van der Waals surface area contributed by atoms with Gasteiger partial charge in [0.05, 0.1) is 10.7 Å². The summed E-state index contributed by atoms with van der Waals surface area (Å²) < 4.78 is 25.8. The molecule has 0 aromatic heterocycles. The van der Waals surface area contributed by atoms with E-state index in [1.807, 2.05) is 27.7 Å². The number of carbonyl (C=O) groups excluding carboxylic acids is 2. The van der Waals surface area contributed by atoms with Crippen LogP contribution < -0.4 is 10.6 Å². The highest BCUT2D eigenvalue weighted by Crippen LogP contribution is 2.39. The zero-order valence-corrected chi connectivity index (χ0v) is 18.3. The van der Waals surface area contributed by atoms with E-state index < -0.39 is 44.3 Å². The van der Waals surface area contributed by atoms with Crippen molar-refractivity contribution in [2.24, 2.45) is 5.41 Å². The SMILES string of the molecule is C[C@@H](NC1C(=O)C(=O)C1Nc1ccc(Cl)c(S(=O)(=O)N(C)C)c1O)C(C)(C)C. The third-order valence-corrected chi connectivity index (χ3v) is 7.32. The van der Waals surface area contributed by atoms with E-state index in [2.05, 4.69) is 10.6 Å². The highest BCUT2D eigenvalue weighted by atomic mass is 35.5. The fourth-order valence-corrected chi connectivity index (χ4v) is 4.09. The van der Waals surface area contributed by atoms with Gasteiger partial charge in [0, 0.05) is 20.1 Å². The van der Waals surface area contributed by atoms with Gasteiger partial charge in [0.15, 0.2) is 5.75 Å². The van der Waals surface area contributed by atoms with E-state index in [-0.39, 0.29) is 22.2 Å². The van der Waals surface area contributed by atoms with Gasteiger partial charge < -0.3 is 15.7 Å².